The molecule has 0 aromatic carbocycles. The highest BCUT2D eigenvalue weighted by atomic mass is 35.5. The van der Waals surface area contributed by atoms with Gasteiger partial charge < -0.3 is 15.6 Å². The van der Waals surface area contributed by atoms with E-state index in [-0.39, 0.29) is 30.8 Å². The predicted octanol–water partition coefficient (Wildman–Crippen LogP) is 0.232. The van der Waals surface area contributed by atoms with Gasteiger partial charge in [0.25, 0.3) is 0 Å². The lowest BCUT2D eigenvalue weighted by atomic mass is 10.2. The lowest BCUT2D eigenvalue weighted by molar-refractivity contribution is -0.119. The molecule has 0 saturated heterocycles. The van der Waals surface area contributed by atoms with Gasteiger partial charge in [-0.25, -0.2) is 0 Å². The van der Waals surface area contributed by atoms with Gasteiger partial charge >= 0.3 is 0 Å². The summed E-state index contributed by atoms with van der Waals surface area (Å²) in [4.78, 5) is 15.0. The fraction of sp³-hybridized carbons (Fsp3) is 0.667. The van der Waals surface area contributed by atoms with E-state index in [4.69, 9.17) is 10.3 Å². The minimum absolute atomic E-state index is 0. The second-order valence-corrected chi connectivity index (χ2v) is 3.51. The predicted molar refractivity (Wildman–Crippen MR) is 61.4 cm³/mol. The van der Waals surface area contributed by atoms with E-state index in [0.717, 1.165) is 0 Å². The molecule has 16 heavy (non-hydrogen) atoms. The van der Waals surface area contributed by atoms with Crippen molar-refractivity contribution in [3.8, 4) is 0 Å². The van der Waals surface area contributed by atoms with Crippen LogP contribution < -0.4 is 11.1 Å². The van der Waals surface area contributed by atoms with Crippen molar-refractivity contribution in [1.82, 2.24) is 15.5 Å². The Morgan fingerprint density at radius 2 is 2.25 bits per heavy atom. The van der Waals surface area contributed by atoms with E-state index in [0.29, 0.717) is 24.7 Å². The van der Waals surface area contributed by atoms with Crippen LogP contribution in [0.3, 0.4) is 0 Å². The van der Waals surface area contributed by atoms with Gasteiger partial charge in [0, 0.05) is 18.9 Å². The molecule has 0 aliphatic rings. The monoisotopic (exact) mass is 248 g/mol. The summed E-state index contributed by atoms with van der Waals surface area (Å²) < 4.78 is 5.00. The van der Waals surface area contributed by atoms with Crippen molar-refractivity contribution in [2.24, 2.45) is 5.73 Å². The number of rotatable bonds is 5. The van der Waals surface area contributed by atoms with E-state index in [1.54, 1.807) is 0 Å². The summed E-state index contributed by atoms with van der Waals surface area (Å²) in [6.45, 7) is 4.45. The number of halogens is 1. The molecule has 0 radical (unpaired) electrons. The lowest BCUT2D eigenvalue weighted by Crippen LogP contribution is -2.31. The van der Waals surface area contributed by atoms with Crippen LogP contribution in [0.15, 0.2) is 4.52 Å². The molecule has 92 valence electrons. The van der Waals surface area contributed by atoms with Crippen molar-refractivity contribution in [2.45, 2.75) is 26.2 Å². The summed E-state index contributed by atoms with van der Waals surface area (Å²) in [6.07, 6.45) is 0.533. The molecule has 6 nitrogen and oxygen atoms in total. The Hall–Kier alpha value is -1.14. The van der Waals surface area contributed by atoms with Crippen molar-refractivity contribution in [2.75, 3.05) is 13.1 Å². The third kappa shape index (κ3) is 4.59. The Kier molecular flexibility index (Phi) is 6.67. The van der Waals surface area contributed by atoms with Gasteiger partial charge in [-0.3, -0.25) is 4.79 Å². The largest absolute Gasteiger partial charge is 0.354 e. The first-order valence-electron chi connectivity index (χ1n) is 4.92. The number of nitrogens with two attached hydrogens (primary N) is 1. The van der Waals surface area contributed by atoms with E-state index >= 15 is 0 Å². The average molecular weight is 249 g/mol. The maximum atomic E-state index is 10.8. The topological polar surface area (TPSA) is 94.0 Å². The van der Waals surface area contributed by atoms with Crippen molar-refractivity contribution < 1.29 is 9.32 Å². The summed E-state index contributed by atoms with van der Waals surface area (Å²) in [5.41, 5.74) is 5.13. The molecule has 3 N–H and O–H groups in total. The number of amides is 1. The molecular weight excluding hydrogens is 232 g/mol. The number of nitrogens with one attached hydrogen (secondary N) is 1. The molecule has 1 heterocycles. The third-order valence-corrected chi connectivity index (χ3v) is 1.85. The Labute approximate surface area is 100 Å². The van der Waals surface area contributed by atoms with E-state index in [9.17, 15) is 4.79 Å². The summed E-state index contributed by atoms with van der Waals surface area (Å²) in [5, 5.41) is 6.44. The summed E-state index contributed by atoms with van der Waals surface area (Å²) >= 11 is 0. The highest BCUT2D eigenvalue weighted by Gasteiger charge is 2.09. The Bertz CT molecular complexity index is 327. The minimum Gasteiger partial charge on any atom is -0.354 e. The van der Waals surface area contributed by atoms with Crippen molar-refractivity contribution in [3.63, 3.8) is 0 Å². The quantitative estimate of drug-likeness (QED) is 0.778. The van der Waals surface area contributed by atoms with Crippen LogP contribution >= 0.6 is 12.4 Å². The second-order valence-electron chi connectivity index (χ2n) is 3.51. The SMILES string of the molecule is CC(C)c1noc(CCNC(=O)CN)n1.Cl. The Balaban J connectivity index is 0.00000225. The van der Waals surface area contributed by atoms with Crippen LogP contribution in [-0.4, -0.2) is 29.1 Å². The summed E-state index contributed by atoms with van der Waals surface area (Å²) in [6, 6.07) is 0. The molecule has 1 aromatic rings. The normalized spacial score (nSPS) is 10.0. The van der Waals surface area contributed by atoms with E-state index in [1.807, 2.05) is 13.8 Å². The number of carbonyl (C=O) groups excluding carboxylic acids is 1. The average Bonchev–Trinajstić information content (AvgIpc) is 2.66. The van der Waals surface area contributed by atoms with Gasteiger partial charge in [-0.2, -0.15) is 4.98 Å². The second kappa shape index (κ2) is 7.19. The van der Waals surface area contributed by atoms with E-state index < -0.39 is 0 Å². The number of nitrogens with zero attached hydrogens (tertiary/aromatic N) is 2. The molecule has 1 rings (SSSR count). The highest BCUT2D eigenvalue weighted by Crippen LogP contribution is 2.09. The summed E-state index contributed by atoms with van der Waals surface area (Å²) in [7, 11) is 0. The third-order valence-electron chi connectivity index (χ3n) is 1.85. The first-order valence-corrected chi connectivity index (χ1v) is 4.92. The van der Waals surface area contributed by atoms with Gasteiger partial charge in [-0.05, 0) is 0 Å². The van der Waals surface area contributed by atoms with Crippen LogP contribution in [0.5, 0.6) is 0 Å². The molecular formula is C9H17ClN4O2. The fourth-order valence-corrected chi connectivity index (χ4v) is 0.985. The van der Waals surface area contributed by atoms with Crippen molar-refractivity contribution >= 4 is 18.3 Å². The molecule has 1 amide bonds. The van der Waals surface area contributed by atoms with Gasteiger partial charge in [0.1, 0.15) is 0 Å². The standard InChI is InChI=1S/C9H16N4O2.ClH/c1-6(2)9-12-8(15-13-9)3-4-11-7(14)5-10;/h6H,3-5,10H2,1-2H3,(H,11,14);1H. The highest BCUT2D eigenvalue weighted by molar-refractivity contribution is 5.85. The molecule has 1 aromatic heterocycles. The zero-order valence-electron chi connectivity index (χ0n) is 9.40. The molecule has 7 heteroatoms. The maximum Gasteiger partial charge on any atom is 0.233 e. The summed E-state index contributed by atoms with van der Waals surface area (Å²) in [5.74, 6) is 1.30. The van der Waals surface area contributed by atoms with E-state index in [1.165, 1.54) is 0 Å². The first-order chi connectivity index (χ1) is 7.13. The number of carbonyl (C=O) groups is 1. The molecule has 0 spiro atoms. The molecule has 0 saturated carbocycles. The first kappa shape index (κ1) is 14.9. The Morgan fingerprint density at radius 1 is 1.56 bits per heavy atom. The van der Waals surface area contributed by atoms with Crippen LogP contribution in [0.4, 0.5) is 0 Å². The van der Waals surface area contributed by atoms with Gasteiger partial charge in [-0.1, -0.05) is 19.0 Å². The van der Waals surface area contributed by atoms with Gasteiger partial charge in [0.15, 0.2) is 5.82 Å². The molecule has 0 atom stereocenters. The van der Waals surface area contributed by atoms with Gasteiger partial charge in [0.05, 0.1) is 6.54 Å². The molecule has 0 fully saturated rings. The lowest BCUT2D eigenvalue weighted by Gasteiger charge is -1.99. The van der Waals surface area contributed by atoms with Gasteiger partial charge in [-0.15, -0.1) is 12.4 Å². The zero-order valence-corrected chi connectivity index (χ0v) is 10.2. The molecule has 0 unspecified atom stereocenters. The fourth-order valence-electron chi connectivity index (χ4n) is 0.985. The van der Waals surface area contributed by atoms with Crippen LogP contribution in [0.2, 0.25) is 0 Å². The van der Waals surface area contributed by atoms with Gasteiger partial charge in [0.2, 0.25) is 11.8 Å². The molecule has 0 bridgehead atoms. The molecule has 0 aliphatic heterocycles. The van der Waals surface area contributed by atoms with Crippen LogP contribution in [0, 0.1) is 0 Å². The zero-order chi connectivity index (χ0) is 11.3. The number of hydrogen-bond acceptors (Lipinski definition) is 5. The smallest absolute Gasteiger partial charge is 0.233 e. The van der Waals surface area contributed by atoms with Crippen LogP contribution in [0.25, 0.3) is 0 Å². The van der Waals surface area contributed by atoms with Crippen LogP contribution in [-0.2, 0) is 11.2 Å². The number of hydrogen-bond donors (Lipinski definition) is 2. The van der Waals surface area contributed by atoms with E-state index in [2.05, 4.69) is 15.5 Å². The van der Waals surface area contributed by atoms with Crippen molar-refractivity contribution in [3.05, 3.63) is 11.7 Å². The Morgan fingerprint density at radius 3 is 2.75 bits per heavy atom. The molecule has 0 aliphatic carbocycles. The maximum absolute atomic E-state index is 10.8. The number of aromatic nitrogens is 2. The van der Waals surface area contributed by atoms with Crippen molar-refractivity contribution in [1.29, 1.82) is 0 Å². The van der Waals surface area contributed by atoms with Crippen LogP contribution in [0.1, 0.15) is 31.5 Å². The minimum atomic E-state index is -0.182.